The molecule has 0 atom stereocenters. The third-order valence-corrected chi connectivity index (χ3v) is 4.61. The van der Waals surface area contributed by atoms with E-state index in [1.54, 1.807) is 0 Å². The lowest BCUT2D eigenvalue weighted by Crippen LogP contribution is -2.38. The summed E-state index contributed by atoms with van der Waals surface area (Å²) in [7, 11) is 0. The molecule has 5 heteroatoms. The van der Waals surface area contributed by atoms with Crippen molar-refractivity contribution in [3.8, 4) is 0 Å². The van der Waals surface area contributed by atoms with Gasteiger partial charge in [0, 0.05) is 12.1 Å². The number of aryl methyl sites for hydroxylation is 1. The number of thiazole rings is 1. The van der Waals surface area contributed by atoms with Crippen molar-refractivity contribution in [2.45, 2.75) is 52.0 Å². The van der Waals surface area contributed by atoms with Crippen LogP contribution in [0, 0.1) is 0 Å². The number of nitrogens with zero attached hydrogens (tertiary/aromatic N) is 2. The first-order chi connectivity index (χ1) is 8.45. The first-order valence-electron chi connectivity index (χ1n) is 6.46. The maximum Gasteiger partial charge on any atom is 0.347 e. The van der Waals surface area contributed by atoms with Gasteiger partial charge in [-0.1, -0.05) is 24.7 Å². The number of aromatic carboxylic acids is 1. The van der Waals surface area contributed by atoms with Gasteiger partial charge in [0.05, 0.1) is 5.69 Å². The van der Waals surface area contributed by atoms with Crippen LogP contribution in [-0.4, -0.2) is 28.1 Å². The first kappa shape index (κ1) is 13.3. The van der Waals surface area contributed by atoms with Crippen molar-refractivity contribution in [2.75, 3.05) is 11.4 Å². The Bertz CT molecular complexity index is 454. The third-order valence-electron chi connectivity index (χ3n) is 3.50. The Morgan fingerprint density at radius 3 is 2.78 bits per heavy atom. The average Bonchev–Trinajstić information content (AvgIpc) is 2.82. The van der Waals surface area contributed by atoms with Gasteiger partial charge in [-0.3, -0.25) is 0 Å². The maximum atomic E-state index is 11.2. The van der Waals surface area contributed by atoms with Gasteiger partial charge in [0.2, 0.25) is 0 Å². The molecular formula is C13H20N2O2S. The summed E-state index contributed by atoms with van der Waals surface area (Å²) in [5, 5.41) is 10.1. The Hall–Kier alpha value is -1.10. The smallest absolute Gasteiger partial charge is 0.347 e. The predicted molar refractivity (Wildman–Crippen MR) is 73.7 cm³/mol. The van der Waals surface area contributed by atoms with Gasteiger partial charge >= 0.3 is 5.97 Å². The van der Waals surface area contributed by atoms with Crippen LogP contribution in [0.15, 0.2) is 0 Å². The number of rotatable bonds is 4. The molecule has 1 aliphatic heterocycles. The fraction of sp³-hybridized carbons (Fsp3) is 0.692. The van der Waals surface area contributed by atoms with Crippen molar-refractivity contribution in [3.63, 3.8) is 0 Å². The van der Waals surface area contributed by atoms with E-state index in [2.05, 4.69) is 23.7 Å². The first-order valence-corrected chi connectivity index (χ1v) is 7.28. The second kappa shape index (κ2) is 4.88. The Balaban J connectivity index is 2.34. The number of carboxylic acid groups (broad SMARTS) is 1. The van der Waals surface area contributed by atoms with E-state index in [0.717, 1.165) is 43.1 Å². The van der Waals surface area contributed by atoms with E-state index in [1.807, 2.05) is 6.92 Å². The lowest BCUT2D eigenvalue weighted by Gasteiger charge is -2.31. The molecule has 1 aliphatic rings. The molecule has 0 bridgehead atoms. The number of carboxylic acids is 1. The van der Waals surface area contributed by atoms with Crippen LogP contribution in [-0.2, 0) is 6.42 Å². The summed E-state index contributed by atoms with van der Waals surface area (Å²) in [6.07, 6.45) is 3.95. The van der Waals surface area contributed by atoms with Crippen LogP contribution in [0.5, 0.6) is 0 Å². The largest absolute Gasteiger partial charge is 0.477 e. The molecule has 0 unspecified atom stereocenters. The van der Waals surface area contributed by atoms with E-state index >= 15 is 0 Å². The molecule has 1 saturated heterocycles. The van der Waals surface area contributed by atoms with E-state index in [9.17, 15) is 9.90 Å². The standard InChI is InChI=1S/C13H20N2O2S/c1-4-6-9-10(11(16)17)18-12(14-9)15-8-5-7-13(15,2)3/h4-8H2,1-3H3,(H,16,17). The van der Waals surface area contributed by atoms with Crippen molar-refractivity contribution in [2.24, 2.45) is 0 Å². The van der Waals surface area contributed by atoms with Crippen molar-refractivity contribution in [1.29, 1.82) is 0 Å². The van der Waals surface area contributed by atoms with E-state index in [-0.39, 0.29) is 5.54 Å². The van der Waals surface area contributed by atoms with Gasteiger partial charge in [-0.25, -0.2) is 9.78 Å². The minimum Gasteiger partial charge on any atom is -0.477 e. The van der Waals surface area contributed by atoms with Crippen LogP contribution in [0.25, 0.3) is 0 Å². The van der Waals surface area contributed by atoms with Gasteiger partial charge in [0.25, 0.3) is 0 Å². The van der Waals surface area contributed by atoms with E-state index in [4.69, 9.17) is 0 Å². The molecule has 100 valence electrons. The van der Waals surface area contributed by atoms with Gasteiger partial charge in [0.15, 0.2) is 5.13 Å². The Morgan fingerprint density at radius 2 is 2.28 bits per heavy atom. The molecule has 2 heterocycles. The molecule has 4 nitrogen and oxygen atoms in total. The van der Waals surface area contributed by atoms with Crippen LogP contribution < -0.4 is 4.90 Å². The summed E-state index contributed by atoms with van der Waals surface area (Å²) in [4.78, 5) is 18.5. The molecule has 0 aliphatic carbocycles. The van der Waals surface area contributed by atoms with E-state index in [1.165, 1.54) is 11.3 Å². The highest BCUT2D eigenvalue weighted by molar-refractivity contribution is 7.17. The number of aromatic nitrogens is 1. The Kier molecular flexibility index (Phi) is 3.61. The number of carbonyl (C=O) groups is 1. The molecule has 2 rings (SSSR count). The molecule has 1 fully saturated rings. The normalized spacial score (nSPS) is 18.3. The summed E-state index contributed by atoms with van der Waals surface area (Å²) >= 11 is 1.32. The van der Waals surface area contributed by atoms with Gasteiger partial charge in [0.1, 0.15) is 4.88 Å². The minimum absolute atomic E-state index is 0.0944. The lowest BCUT2D eigenvalue weighted by molar-refractivity contribution is 0.0700. The fourth-order valence-electron chi connectivity index (χ4n) is 2.49. The monoisotopic (exact) mass is 268 g/mol. The lowest BCUT2D eigenvalue weighted by atomic mass is 10.0. The van der Waals surface area contributed by atoms with E-state index in [0.29, 0.717) is 4.88 Å². The van der Waals surface area contributed by atoms with Gasteiger partial charge < -0.3 is 10.0 Å². The Morgan fingerprint density at radius 1 is 1.56 bits per heavy atom. The zero-order chi connectivity index (χ0) is 13.3. The second-order valence-corrected chi connectivity index (χ2v) is 6.37. The molecule has 0 amide bonds. The van der Waals surface area contributed by atoms with Gasteiger partial charge in [-0.2, -0.15) is 0 Å². The number of hydrogen-bond acceptors (Lipinski definition) is 4. The Labute approximate surface area is 112 Å². The van der Waals surface area contributed by atoms with Gasteiger partial charge in [-0.05, 0) is 33.1 Å². The van der Waals surface area contributed by atoms with Crippen LogP contribution in [0.4, 0.5) is 5.13 Å². The summed E-state index contributed by atoms with van der Waals surface area (Å²) in [5.74, 6) is -0.848. The third kappa shape index (κ3) is 2.36. The highest BCUT2D eigenvalue weighted by Gasteiger charge is 2.34. The zero-order valence-corrected chi connectivity index (χ0v) is 12.0. The van der Waals surface area contributed by atoms with Crippen molar-refractivity contribution >= 4 is 22.4 Å². The topological polar surface area (TPSA) is 53.4 Å². The second-order valence-electron chi connectivity index (χ2n) is 5.40. The van der Waals surface area contributed by atoms with Crippen molar-refractivity contribution < 1.29 is 9.90 Å². The SMILES string of the molecule is CCCc1nc(N2CCCC2(C)C)sc1C(=O)O. The predicted octanol–water partition coefficient (Wildman–Crippen LogP) is 3.17. The maximum absolute atomic E-state index is 11.2. The van der Waals surface area contributed by atoms with Crippen molar-refractivity contribution in [1.82, 2.24) is 4.98 Å². The molecule has 1 aromatic rings. The molecule has 0 saturated carbocycles. The van der Waals surface area contributed by atoms with Crippen LogP contribution in [0.1, 0.15) is 55.4 Å². The molecule has 0 aromatic carbocycles. The van der Waals surface area contributed by atoms with E-state index < -0.39 is 5.97 Å². The summed E-state index contributed by atoms with van der Waals surface area (Å²) < 4.78 is 0. The average molecular weight is 268 g/mol. The minimum atomic E-state index is -0.848. The zero-order valence-electron chi connectivity index (χ0n) is 11.2. The van der Waals surface area contributed by atoms with Crippen LogP contribution >= 0.6 is 11.3 Å². The molecule has 1 aromatic heterocycles. The molecule has 18 heavy (non-hydrogen) atoms. The van der Waals surface area contributed by atoms with Crippen LogP contribution in [0.2, 0.25) is 0 Å². The molecule has 0 spiro atoms. The fourth-order valence-corrected chi connectivity index (χ4v) is 3.63. The summed E-state index contributed by atoms with van der Waals surface area (Å²) in [5.41, 5.74) is 0.838. The molecule has 1 N–H and O–H groups in total. The quantitative estimate of drug-likeness (QED) is 0.911. The van der Waals surface area contributed by atoms with Crippen molar-refractivity contribution in [3.05, 3.63) is 10.6 Å². The molecular weight excluding hydrogens is 248 g/mol. The molecule has 0 radical (unpaired) electrons. The summed E-state index contributed by atoms with van der Waals surface area (Å²) in [6.45, 7) is 7.41. The number of hydrogen-bond donors (Lipinski definition) is 1. The highest BCUT2D eigenvalue weighted by Crippen LogP contribution is 2.37. The summed E-state index contributed by atoms with van der Waals surface area (Å²) in [6, 6.07) is 0. The highest BCUT2D eigenvalue weighted by atomic mass is 32.1. The van der Waals surface area contributed by atoms with Crippen LogP contribution in [0.3, 0.4) is 0 Å². The van der Waals surface area contributed by atoms with Gasteiger partial charge in [-0.15, -0.1) is 0 Å². The number of anilines is 1.